The predicted molar refractivity (Wildman–Crippen MR) is 69.4 cm³/mol. The molecule has 0 amide bonds. The van der Waals surface area contributed by atoms with Crippen molar-refractivity contribution in [2.75, 3.05) is 13.7 Å². The number of hydrogen-bond acceptors (Lipinski definition) is 2. The van der Waals surface area contributed by atoms with Crippen molar-refractivity contribution in [3.63, 3.8) is 0 Å². The zero-order valence-corrected chi connectivity index (χ0v) is 11.2. The van der Waals surface area contributed by atoms with Crippen molar-refractivity contribution < 1.29 is 4.74 Å². The Bertz CT molecular complexity index is 348. The summed E-state index contributed by atoms with van der Waals surface area (Å²) in [4.78, 5) is 0. The Morgan fingerprint density at radius 1 is 1.44 bits per heavy atom. The average molecular weight is 284 g/mol. The van der Waals surface area contributed by atoms with Gasteiger partial charge in [-0.25, -0.2) is 0 Å². The largest absolute Gasteiger partial charge is 0.380 e. The summed E-state index contributed by atoms with van der Waals surface area (Å²) in [7, 11) is 1.75. The second-order valence-corrected chi connectivity index (χ2v) is 5.10. The van der Waals surface area contributed by atoms with E-state index in [2.05, 4.69) is 39.4 Å². The van der Waals surface area contributed by atoms with E-state index in [0.29, 0.717) is 12.6 Å². The number of methoxy groups -OCH3 is 1. The van der Waals surface area contributed by atoms with Crippen LogP contribution in [0, 0.1) is 0 Å². The van der Waals surface area contributed by atoms with Gasteiger partial charge >= 0.3 is 0 Å². The van der Waals surface area contributed by atoms with Gasteiger partial charge in [0.25, 0.3) is 0 Å². The molecule has 1 atom stereocenters. The van der Waals surface area contributed by atoms with E-state index in [0.717, 1.165) is 6.54 Å². The van der Waals surface area contributed by atoms with E-state index < -0.39 is 0 Å². The maximum absolute atomic E-state index is 5.27. The lowest BCUT2D eigenvalue weighted by atomic mass is 9.94. The Morgan fingerprint density at radius 3 is 3.00 bits per heavy atom. The zero-order chi connectivity index (χ0) is 11.4. The van der Waals surface area contributed by atoms with Gasteiger partial charge < -0.3 is 10.1 Å². The second-order valence-electron chi connectivity index (χ2n) is 4.25. The minimum absolute atomic E-state index is 0.481. The minimum atomic E-state index is 0.481. The van der Waals surface area contributed by atoms with E-state index in [1.165, 1.54) is 34.9 Å². The first-order chi connectivity index (χ1) is 7.83. The van der Waals surface area contributed by atoms with Crippen LogP contribution >= 0.6 is 15.9 Å². The maximum Gasteiger partial charge on any atom is 0.0716 e. The molecule has 0 aliphatic carbocycles. The molecule has 1 saturated heterocycles. The van der Waals surface area contributed by atoms with E-state index in [4.69, 9.17) is 4.74 Å². The lowest BCUT2D eigenvalue weighted by Crippen LogP contribution is -2.28. The number of hydrogen-bond donors (Lipinski definition) is 1. The summed E-state index contributed by atoms with van der Waals surface area (Å²) in [5, 5.41) is 3.59. The van der Waals surface area contributed by atoms with Gasteiger partial charge in [-0.05, 0) is 36.6 Å². The Hall–Kier alpha value is -0.380. The molecule has 1 N–H and O–H groups in total. The fraction of sp³-hybridized carbons (Fsp3) is 0.538. The molecule has 0 spiro atoms. The third-order valence-corrected chi connectivity index (χ3v) is 3.79. The quantitative estimate of drug-likeness (QED) is 0.918. The molecule has 1 unspecified atom stereocenters. The van der Waals surface area contributed by atoms with Crippen molar-refractivity contribution in [2.24, 2.45) is 0 Å². The van der Waals surface area contributed by atoms with Crippen LogP contribution in [0.5, 0.6) is 0 Å². The van der Waals surface area contributed by atoms with E-state index in [9.17, 15) is 0 Å². The van der Waals surface area contributed by atoms with Crippen LogP contribution in [-0.2, 0) is 11.3 Å². The lowest BCUT2D eigenvalue weighted by molar-refractivity contribution is 0.183. The van der Waals surface area contributed by atoms with Crippen molar-refractivity contribution in [3.8, 4) is 0 Å². The van der Waals surface area contributed by atoms with Gasteiger partial charge in [0.05, 0.1) is 6.61 Å². The Balaban J connectivity index is 2.28. The van der Waals surface area contributed by atoms with Gasteiger partial charge in [-0.2, -0.15) is 0 Å². The molecular formula is C13H18BrNO. The van der Waals surface area contributed by atoms with Crippen molar-refractivity contribution in [3.05, 3.63) is 33.8 Å². The predicted octanol–water partition coefficient (Wildman–Crippen LogP) is 3.41. The topological polar surface area (TPSA) is 21.3 Å². The standard InChI is InChI=1S/C13H18BrNO/c1-16-9-10-5-4-6-11(14)13(10)12-7-2-3-8-15-12/h4-6,12,15H,2-3,7-9H2,1H3. The Kier molecular flexibility index (Phi) is 4.38. The molecule has 2 nitrogen and oxygen atoms in total. The van der Waals surface area contributed by atoms with Gasteiger partial charge in [0.1, 0.15) is 0 Å². The van der Waals surface area contributed by atoms with Crippen LogP contribution in [0.2, 0.25) is 0 Å². The van der Waals surface area contributed by atoms with Crippen LogP contribution in [0.25, 0.3) is 0 Å². The number of nitrogens with one attached hydrogen (secondary N) is 1. The highest BCUT2D eigenvalue weighted by molar-refractivity contribution is 9.10. The summed E-state index contributed by atoms with van der Waals surface area (Å²) in [6.07, 6.45) is 3.82. The Labute approximate surface area is 106 Å². The molecule has 16 heavy (non-hydrogen) atoms. The number of rotatable bonds is 3. The monoisotopic (exact) mass is 283 g/mol. The molecule has 0 aromatic heterocycles. The number of benzene rings is 1. The molecular weight excluding hydrogens is 266 g/mol. The highest BCUT2D eigenvalue weighted by Gasteiger charge is 2.19. The van der Waals surface area contributed by atoms with Gasteiger partial charge in [0.2, 0.25) is 0 Å². The molecule has 1 aliphatic rings. The number of halogens is 1. The first-order valence-electron chi connectivity index (χ1n) is 5.82. The van der Waals surface area contributed by atoms with E-state index in [1.54, 1.807) is 7.11 Å². The molecule has 88 valence electrons. The zero-order valence-electron chi connectivity index (χ0n) is 9.63. The highest BCUT2D eigenvalue weighted by Crippen LogP contribution is 2.32. The summed E-state index contributed by atoms with van der Waals surface area (Å²) in [5.74, 6) is 0. The summed E-state index contributed by atoms with van der Waals surface area (Å²) < 4.78 is 6.46. The second kappa shape index (κ2) is 5.80. The molecule has 0 saturated carbocycles. The van der Waals surface area contributed by atoms with Crippen molar-refractivity contribution in [1.82, 2.24) is 5.32 Å². The van der Waals surface area contributed by atoms with Crippen LogP contribution in [-0.4, -0.2) is 13.7 Å². The summed E-state index contributed by atoms with van der Waals surface area (Å²) >= 11 is 3.66. The van der Waals surface area contributed by atoms with Crippen LogP contribution in [0.15, 0.2) is 22.7 Å². The average Bonchev–Trinajstić information content (AvgIpc) is 2.31. The molecule has 3 heteroatoms. The SMILES string of the molecule is COCc1cccc(Br)c1C1CCCCN1. The van der Waals surface area contributed by atoms with Crippen LogP contribution in [0.3, 0.4) is 0 Å². The smallest absolute Gasteiger partial charge is 0.0716 e. The van der Waals surface area contributed by atoms with Gasteiger partial charge in [0.15, 0.2) is 0 Å². The molecule has 1 heterocycles. The van der Waals surface area contributed by atoms with Gasteiger partial charge in [0, 0.05) is 17.6 Å². The minimum Gasteiger partial charge on any atom is -0.380 e. The van der Waals surface area contributed by atoms with Crippen LogP contribution in [0.4, 0.5) is 0 Å². The molecule has 1 aromatic carbocycles. The van der Waals surface area contributed by atoms with Gasteiger partial charge in [-0.1, -0.05) is 34.5 Å². The molecule has 1 aromatic rings. The third kappa shape index (κ3) is 2.65. The van der Waals surface area contributed by atoms with Gasteiger partial charge in [-0.3, -0.25) is 0 Å². The fourth-order valence-electron chi connectivity index (χ4n) is 2.35. The fourth-order valence-corrected chi connectivity index (χ4v) is 3.04. The van der Waals surface area contributed by atoms with Crippen molar-refractivity contribution in [2.45, 2.75) is 31.9 Å². The first kappa shape index (κ1) is 12.1. The molecule has 2 rings (SSSR count). The number of piperidine rings is 1. The van der Waals surface area contributed by atoms with E-state index in [1.807, 2.05) is 0 Å². The van der Waals surface area contributed by atoms with Crippen LogP contribution < -0.4 is 5.32 Å². The molecule has 0 radical (unpaired) electrons. The molecule has 1 aliphatic heterocycles. The third-order valence-electron chi connectivity index (χ3n) is 3.10. The van der Waals surface area contributed by atoms with Crippen molar-refractivity contribution in [1.29, 1.82) is 0 Å². The maximum atomic E-state index is 5.27. The van der Waals surface area contributed by atoms with E-state index >= 15 is 0 Å². The molecule has 1 fully saturated rings. The van der Waals surface area contributed by atoms with Crippen molar-refractivity contribution >= 4 is 15.9 Å². The van der Waals surface area contributed by atoms with E-state index in [-0.39, 0.29) is 0 Å². The van der Waals surface area contributed by atoms with Crippen LogP contribution in [0.1, 0.15) is 36.4 Å². The lowest BCUT2D eigenvalue weighted by Gasteiger charge is -2.26. The Morgan fingerprint density at radius 2 is 2.31 bits per heavy atom. The first-order valence-corrected chi connectivity index (χ1v) is 6.62. The summed E-state index contributed by atoms with van der Waals surface area (Å²) in [5.41, 5.74) is 2.67. The molecule has 0 bridgehead atoms. The normalized spacial score (nSPS) is 21.0. The van der Waals surface area contributed by atoms with Gasteiger partial charge in [-0.15, -0.1) is 0 Å². The summed E-state index contributed by atoms with van der Waals surface area (Å²) in [6.45, 7) is 1.81. The summed E-state index contributed by atoms with van der Waals surface area (Å²) in [6, 6.07) is 6.82. The highest BCUT2D eigenvalue weighted by atomic mass is 79.9. The number of ether oxygens (including phenoxy) is 1.